The normalized spacial score (nSPS) is 10.8. The van der Waals surface area contributed by atoms with Gasteiger partial charge in [-0.15, -0.1) is 5.10 Å². The quantitative estimate of drug-likeness (QED) is 0.844. The van der Waals surface area contributed by atoms with Crippen LogP contribution in [0.1, 0.15) is 24.5 Å². The summed E-state index contributed by atoms with van der Waals surface area (Å²) in [5.41, 5.74) is 2.37. The lowest BCUT2D eigenvalue weighted by molar-refractivity contribution is 0.604. The number of aromatic amines is 1. The summed E-state index contributed by atoms with van der Waals surface area (Å²) in [7, 11) is 0. The van der Waals surface area contributed by atoms with Crippen LogP contribution in [0.4, 0.5) is 0 Å². The average molecular weight is 263 g/mol. The first kappa shape index (κ1) is 13.0. The molecule has 2 rings (SSSR count). The molecular weight excluding hydrogens is 246 g/mol. The van der Waals surface area contributed by atoms with Gasteiger partial charge in [0.05, 0.1) is 0 Å². The van der Waals surface area contributed by atoms with Gasteiger partial charge in [0.25, 0.3) is 0 Å². The molecule has 1 aromatic heterocycles. The summed E-state index contributed by atoms with van der Waals surface area (Å²) >= 11 is 1.59. The number of hydrogen-bond donors (Lipinski definition) is 1. The maximum absolute atomic E-state index is 11.5. The second-order valence-electron chi connectivity index (χ2n) is 4.24. The molecule has 1 N–H and O–H groups in total. The Morgan fingerprint density at radius 2 is 2.06 bits per heavy atom. The van der Waals surface area contributed by atoms with Crippen molar-refractivity contribution in [2.45, 2.75) is 37.7 Å². The van der Waals surface area contributed by atoms with Crippen LogP contribution >= 0.6 is 11.8 Å². The first-order valence-electron chi connectivity index (χ1n) is 6.04. The number of nitrogens with zero attached hydrogens (tertiary/aromatic N) is 2. The summed E-state index contributed by atoms with van der Waals surface area (Å²) in [5, 5.41) is 7.33. The molecule has 18 heavy (non-hydrogen) atoms. The van der Waals surface area contributed by atoms with Gasteiger partial charge in [-0.05, 0) is 18.9 Å². The average Bonchev–Trinajstić information content (AvgIpc) is 2.71. The van der Waals surface area contributed by atoms with E-state index < -0.39 is 0 Å². The number of hydrogen-bond acceptors (Lipinski definition) is 3. The molecule has 0 aliphatic rings. The molecule has 0 amide bonds. The van der Waals surface area contributed by atoms with Crippen LogP contribution in [-0.2, 0) is 12.3 Å². The van der Waals surface area contributed by atoms with Crippen LogP contribution in [-0.4, -0.2) is 14.8 Å². The van der Waals surface area contributed by atoms with Gasteiger partial charge in [-0.3, -0.25) is 4.57 Å². The van der Waals surface area contributed by atoms with E-state index in [4.69, 9.17) is 0 Å². The highest BCUT2D eigenvalue weighted by molar-refractivity contribution is 7.98. The SMILES string of the molecule is CCCn1c(SCc2ccc(C)cc2)n[nH]c1=O. The smallest absolute Gasteiger partial charge is 0.270 e. The van der Waals surface area contributed by atoms with Gasteiger partial charge in [0.2, 0.25) is 0 Å². The zero-order chi connectivity index (χ0) is 13.0. The third-order valence-corrected chi connectivity index (χ3v) is 3.71. The van der Waals surface area contributed by atoms with Crippen molar-refractivity contribution in [2.24, 2.45) is 0 Å². The molecule has 5 heteroatoms. The Balaban J connectivity index is 2.06. The Labute approximate surface area is 110 Å². The molecule has 0 fully saturated rings. The van der Waals surface area contributed by atoms with E-state index in [1.54, 1.807) is 16.3 Å². The van der Waals surface area contributed by atoms with Crippen LogP contribution in [0.3, 0.4) is 0 Å². The second-order valence-corrected chi connectivity index (χ2v) is 5.18. The number of aromatic nitrogens is 3. The zero-order valence-electron chi connectivity index (χ0n) is 10.6. The number of thioether (sulfide) groups is 1. The molecule has 0 bridgehead atoms. The Kier molecular flexibility index (Phi) is 4.25. The third kappa shape index (κ3) is 3.04. The van der Waals surface area contributed by atoms with Gasteiger partial charge in [-0.25, -0.2) is 9.89 Å². The highest BCUT2D eigenvalue weighted by Gasteiger charge is 2.07. The number of H-pyrrole nitrogens is 1. The van der Waals surface area contributed by atoms with Crippen molar-refractivity contribution in [3.63, 3.8) is 0 Å². The van der Waals surface area contributed by atoms with Crippen molar-refractivity contribution in [2.75, 3.05) is 0 Å². The fraction of sp³-hybridized carbons (Fsp3) is 0.385. The molecular formula is C13H17N3OS. The summed E-state index contributed by atoms with van der Waals surface area (Å²) in [6.45, 7) is 4.84. The standard InChI is InChI=1S/C13H17N3OS/c1-3-8-16-12(17)14-15-13(16)18-9-11-6-4-10(2)5-7-11/h4-7H,3,8-9H2,1-2H3,(H,14,17). The Hall–Kier alpha value is -1.49. The van der Waals surface area contributed by atoms with Gasteiger partial charge in [-0.2, -0.15) is 0 Å². The number of nitrogens with one attached hydrogen (secondary N) is 1. The topological polar surface area (TPSA) is 50.7 Å². The molecule has 0 radical (unpaired) electrons. The van der Waals surface area contributed by atoms with E-state index in [0.29, 0.717) is 6.54 Å². The number of benzene rings is 1. The summed E-state index contributed by atoms with van der Waals surface area (Å²) in [4.78, 5) is 11.5. The molecule has 0 atom stereocenters. The van der Waals surface area contributed by atoms with E-state index in [1.165, 1.54) is 11.1 Å². The Bertz CT molecular complexity index is 556. The van der Waals surface area contributed by atoms with Gasteiger partial charge < -0.3 is 0 Å². The maximum Gasteiger partial charge on any atom is 0.343 e. The van der Waals surface area contributed by atoms with Gasteiger partial charge >= 0.3 is 5.69 Å². The van der Waals surface area contributed by atoms with Crippen LogP contribution in [0.15, 0.2) is 34.2 Å². The van der Waals surface area contributed by atoms with E-state index in [0.717, 1.165) is 17.3 Å². The third-order valence-electron chi connectivity index (χ3n) is 2.66. The first-order chi connectivity index (χ1) is 8.70. The molecule has 2 aromatic rings. The first-order valence-corrected chi connectivity index (χ1v) is 7.03. The summed E-state index contributed by atoms with van der Waals surface area (Å²) in [6, 6.07) is 8.41. The molecule has 0 aliphatic heterocycles. The lowest BCUT2D eigenvalue weighted by Crippen LogP contribution is -2.17. The summed E-state index contributed by atoms with van der Waals surface area (Å²) < 4.78 is 1.69. The van der Waals surface area contributed by atoms with Crippen molar-refractivity contribution in [3.8, 4) is 0 Å². The fourth-order valence-corrected chi connectivity index (χ4v) is 2.59. The van der Waals surface area contributed by atoms with E-state index in [9.17, 15) is 4.79 Å². The van der Waals surface area contributed by atoms with E-state index >= 15 is 0 Å². The predicted molar refractivity (Wildman–Crippen MR) is 73.9 cm³/mol. The second kappa shape index (κ2) is 5.91. The van der Waals surface area contributed by atoms with Gasteiger partial charge in [0.1, 0.15) is 0 Å². The molecule has 1 aromatic carbocycles. The van der Waals surface area contributed by atoms with Crippen LogP contribution in [0.25, 0.3) is 0 Å². The highest BCUT2D eigenvalue weighted by atomic mass is 32.2. The fourth-order valence-electron chi connectivity index (χ4n) is 1.67. The van der Waals surface area contributed by atoms with Crippen LogP contribution in [0.5, 0.6) is 0 Å². The Morgan fingerprint density at radius 3 is 2.72 bits per heavy atom. The molecule has 96 valence electrons. The minimum Gasteiger partial charge on any atom is -0.270 e. The molecule has 0 unspecified atom stereocenters. The monoisotopic (exact) mass is 263 g/mol. The van der Waals surface area contributed by atoms with Crippen LogP contribution < -0.4 is 5.69 Å². The molecule has 0 aliphatic carbocycles. The summed E-state index contributed by atoms with van der Waals surface area (Å²) in [5.74, 6) is 0.828. The minimum absolute atomic E-state index is 0.122. The zero-order valence-corrected chi connectivity index (χ0v) is 11.5. The van der Waals surface area contributed by atoms with E-state index in [-0.39, 0.29) is 5.69 Å². The van der Waals surface area contributed by atoms with Crippen LogP contribution in [0.2, 0.25) is 0 Å². The van der Waals surface area contributed by atoms with Gasteiger partial charge in [0, 0.05) is 12.3 Å². The van der Waals surface area contributed by atoms with E-state index in [2.05, 4.69) is 41.4 Å². The van der Waals surface area contributed by atoms with Crippen LogP contribution in [0, 0.1) is 6.92 Å². The molecule has 1 heterocycles. The number of aryl methyl sites for hydroxylation is 1. The lowest BCUT2D eigenvalue weighted by Gasteiger charge is -2.04. The predicted octanol–water partition coefficient (Wildman–Crippen LogP) is 2.58. The van der Waals surface area contributed by atoms with Crippen molar-refractivity contribution >= 4 is 11.8 Å². The molecule has 0 saturated heterocycles. The van der Waals surface area contributed by atoms with Crippen molar-refractivity contribution in [3.05, 3.63) is 45.9 Å². The molecule has 4 nitrogen and oxygen atoms in total. The highest BCUT2D eigenvalue weighted by Crippen LogP contribution is 2.19. The van der Waals surface area contributed by atoms with Crippen molar-refractivity contribution < 1.29 is 0 Å². The van der Waals surface area contributed by atoms with Gasteiger partial charge in [0.15, 0.2) is 5.16 Å². The van der Waals surface area contributed by atoms with Crippen molar-refractivity contribution in [1.29, 1.82) is 0 Å². The lowest BCUT2D eigenvalue weighted by atomic mass is 10.2. The Morgan fingerprint density at radius 1 is 1.33 bits per heavy atom. The van der Waals surface area contributed by atoms with Gasteiger partial charge in [-0.1, -0.05) is 48.5 Å². The maximum atomic E-state index is 11.5. The largest absolute Gasteiger partial charge is 0.343 e. The summed E-state index contributed by atoms with van der Waals surface area (Å²) in [6.07, 6.45) is 0.928. The molecule has 0 spiro atoms. The number of rotatable bonds is 5. The van der Waals surface area contributed by atoms with Crippen molar-refractivity contribution in [1.82, 2.24) is 14.8 Å². The minimum atomic E-state index is -0.122. The van der Waals surface area contributed by atoms with E-state index in [1.807, 2.05) is 6.92 Å². The molecule has 0 saturated carbocycles.